The molecule has 0 aromatic carbocycles. The van der Waals surface area contributed by atoms with Crippen LogP contribution in [0, 0.1) is 0 Å². The van der Waals surface area contributed by atoms with Gasteiger partial charge >= 0.3 is 0 Å². The Morgan fingerprint density at radius 2 is 2.36 bits per heavy atom. The summed E-state index contributed by atoms with van der Waals surface area (Å²) in [6.45, 7) is 1.51. The van der Waals surface area contributed by atoms with Gasteiger partial charge in [-0.3, -0.25) is 4.79 Å². The second kappa shape index (κ2) is 3.76. The highest BCUT2D eigenvalue weighted by Gasteiger charge is 1.96. The molecule has 0 spiro atoms. The summed E-state index contributed by atoms with van der Waals surface area (Å²) in [5.41, 5.74) is 0.947. The zero-order valence-corrected chi connectivity index (χ0v) is 6.50. The fraction of sp³-hybridized carbons (Fsp3) is 0.222. The molecule has 0 aromatic heterocycles. The van der Waals surface area contributed by atoms with E-state index in [-0.39, 0.29) is 7.33 Å². The van der Waals surface area contributed by atoms with Gasteiger partial charge in [-0.2, -0.15) is 0 Å². The van der Waals surface area contributed by atoms with Crippen LogP contribution in [-0.2, 0) is 4.79 Å². The minimum Gasteiger partial charge on any atom is -0.330 e. The van der Waals surface area contributed by atoms with Gasteiger partial charge in [0.15, 0.2) is 0 Å². The molecule has 0 unspecified atom stereocenters. The summed E-state index contributed by atoms with van der Waals surface area (Å²) in [7, 11) is 0. The van der Waals surface area contributed by atoms with Crippen LogP contribution in [-0.4, -0.2) is 5.91 Å². The first kappa shape index (κ1) is 7.79. The van der Waals surface area contributed by atoms with Crippen LogP contribution in [0.5, 0.6) is 0 Å². The van der Waals surface area contributed by atoms with Gasteiger partial charge in [-0.15, -0.1) is 0 Å². The number of hydrogen-bond acceptors (Lipinski definition) is 1. The van der Waals surface area contributed by atoms with Gasteiger partial charge in [0.05, 0.1) is 0 Å². The normalized spacial score (nSPS) is 15.5. The molecule has 0 aliphatic heterocycles. The van der Waals surface area contributed by atoms with E-state index in [0.717, 1.165) is 12.1 Å². The lowest BCUT2D eigenvalue weighted by Gasteiger charge is -2.02. The lowest BCUT2D eigenvalue weighted by Crippen LogP contribution is -2.18. The number of amides is 1. The molecule has 0 aromatic rings. The van der Waals surface area contributed by atoms with Crippen molar-refractivity contribution in [3.05, 3.63) is 36.1 Å². The summed E-state index contributed by atoms with van der Waals surface area (Å²) in [5, 5.41) is 2.74. The number of hydrogen-bond donors (Lipinski definition) is 1. The Labute approximate surface area is 67.8 Å². The van der Waals surface area contributed by atoms with Gasteiger partial charge in [0.25, 0.3) is 0 Å². The van der Waals surface area contributed by atoms with Crippen LogP contribution in [0.15, 0.2) is 36.1 Å². The second-order valence-electron chi connectivity index (χ2n) is 2.39. The Morgan fingerprint density at radius 1 is 1.55 bits per heavy atom. The number of allylic oxidation sites excluding steroid dienone is 5. The second-order valence-corrected chi connectivity index (χ2v) is 2.39. The van der Waals surface area contributed by atoms with Crippen LogP contribution < -0.4 is 5.32 Å². The molecule has 1 aliphatic rings. The standard InChI is InChI=1S/C9H11NO.H2/c1-8(11)10-9-6-4-2-3-5-7-9;/h2-6H,7H2,1H3,(H,10,11);1H. The average molecular weight is 151 g/mol. The van der Waals surface area contributed by atoms with Crippen molar-refractivity contribution >= 4 is 5.91 Å². The van der Waals surface area contributed by atoms with E-state index in [9.17, 15) is 4.79 Å². The van der Waals surface area contributed by atoms with Gasteiger partial charge in [0.1, 0.15) is 0 Å². The predicted molar refractivity (Wildman–Crippen MR) is 46.9 cm³/mol. The van der Waals surface area contributed by atoms with Crippen molar-refractivity contribution in [2.45, 2.75) is 13.3 Å². The molecule has 1 aliphatic carbocycles. The van der Waals surface area contributed by atoms with Crippen LogP contribution in [0.2, 0.25) is 0 Å². The number of carbonyl (C=O) groups excluding carboxylic acids is 1. The van der Waals surface area contributed by atoms with Gasteiger partial charge in [-0.1, -0.05) is 24.3 Å². The Morgan fingerprint density at radius 3 is 3.09 bits per heavy atom. The molecule has 11 heavy (non-hydrogen) atoms. The van der Waals surface area contributed by atoms with Gasteiger partial charge in [0, 0.05) is 20.5 Å². The SMILES string of the molecule is CC(=O)NC1=CC=CC=CC1.[HH]. The molecule has 0 saturated carbocycles. The highest BCUT2D eigenvalue weighted by molar-refractivity contribution is 5.75. The third-order valence-electron chi connectivity index (χ3n) is 1.33. The Bertz CT molecular complexity index is 241. The third kappa shape index (κ3) is 2.85. The molecular formula is C9H13NO. The molecule has 60 valence electrons. The first-order chi connectivity index (χ1) is 5.29. The molecule has 2 heteroatoms. The van der Waals surface area contributed by atoms with Crippen LogP contribution in [0.3, 0.4) is 0 Å². The molecule has 0 heterocycles. The van der Waals surface area contributed by atoms with E-state index in [2.05, 4.69) is 5.32 Å². The third-order valence-corrected chi connectivity index (χ3v) is 1.33. The molecule has 1 rings (SSSR count). The molecule has 2 nitrogen and oxygen atoms in total. The summed E-state index contributed by atoms with van der Waals surface area (Å²) in [6.07, 6.45) is 10.5. The number of nitrogens with one attached hydrogen (secondary N) is 1. The Hall–Kier alpha value is -1.31. The minimum atomic E-state index is -0.0139. The number of carbonyl (C=O) groups is 1. The Balaban J connectivity index is 0.00000121. The zero-order chi connectivity index (χ0) is 8.10. The first-order valence-electron chi connectivity index (χ1n) is 3.59. The van der Waals surface area contributed by atoms with Crippen LogP contribution in [0.1, 0.15) is 14.8 Å². The summed E-state index contributed by atoms with van der Waals surface area (Å²) in [5.74, 6) is -0.0139. The van der Waals surface area contributed by atoms with Crippen LogP contribution in [0.4, 0.5) is 0 Å². The largest absolute Gasteiger partial charge is 0.330 e. The average Bonchev–Trinajstić information content (AvgIpc) is 2.14. The maximum atomic E-state index is 10.6. The summed E-state index contributed by atoms with van der Waals surface area (Å²) in [4.78, 5) is 10.6. The maximum absolute atomic E-state index is 10.6. The van der Waals surface area contributed by atoms with E-state index < -0.39 is 0 Å². The number of rotatable bonds is 1. The van der Waals surface area contributed by atoms with E-state index in [4.69, 9.17) is 0 Å². The van der Waals surface area contributed by atoms with Crippen LogP contribution in [0.25, 0.3) is 0 Å². The van der Waals surface area contributed by atoms with Crippen molar-refractivity contribution in [2.24, 2.45) is 0 Å². The molecule has 0 radical (unpaired) electrons. The van der Waals surface area contributed by atoms with Crippen molar-refractivity contribution in [1.82, 2.24) is 5.32 Å². The highest BCUT2D eigenvalue weighted by Crippen LogP contribution is 2.02. The molecule has 0 atom stereocenters. The fourth-order valence-corrected chi connectivity index (χ4v) is 0.896. The van der Waals surface area contributed by atoms with Gasteiger partial charge in [-0.25, -0.2) is 0 Å². The smallest absolute Gasteiger partial charge is 0.221 e. The summed E-state index contributed by atoms with van der Waals surface area (Å²) >= 11 is 0. The molecular weight excluding hydrogens is 138 g/mol. The zero-order valence-electron chi connectivity index (χ0n) is 6.50. The minimum absolute atomic E-state index is 0. The predicted octanol–water partition coefficient (Wildman–Crippen LogP) is 1.77. The van der Waals surface area contributed by atoms with Crippen molar-refractivity contribution in [1.29, 1.82) is 0 Å². The van der Waals surface area contributed by atoms with Crippen molar-refractivity contribution in [3.8, 4) is 0 Å². The van der Waals surface area contributed by atoms with E-state index in [0.29, 0.717) is 0 Å². The molecule has 0 bridgehead atoms. The summed E-state index contributed by atoms with van der Waals surface area (Å²) in [6, 6.07) is 0. The molecule has 1 amide bonds. The van der Waals surface area contributed by atoms with Gasteiger partial charge in [-0.05, 0) is 6.08 Å². The van der Waals surface area contributed by atoms with E-state index in [1.54, 1.807) is 0 Å². The lowest BCUT2D eigenvalue weighted by atomic mass is 10.3. The van der Waals surface area contributed by atoms with E-state index in [1.165, 1.54) is 6.92 Å². The maximum Gasteiger partial charge on any atom is 0.221 e. The van der Waals surface area contributed by atoms with Crippen molar-refractivity contribution in [2.75, 3.05) is 0 Å². The Kier molecular flexibility index (Phi) is 2.66. The monoisotopic (exact) mass is 151 g/mol. The first-order valence-corrected chi connectivity index (χ1v) is 3.59. The molecule has 0 saturated heterocycles. The molecule has 1 N–H and O–H groups in total. The van der Waals surface area contributed by atoms with Crippen molar-refractivity contribution < 1.29 is 6.22 Å². The highest BCUT2D eigenvalue weighted by atomic mass is 16.1. The summed E-state index contributed by atoms with van der Waals surface area (Å²) < 4.78 is 0. The van der Waals surface area contributed by atoms with Gasteiger partial charge in [0.2, 0.25) is 5.91 Å². The fourth-order valence-electron chi connectivity index (χ4n) is 0.896. The molecule has 0 fully saturated rings. The quantitative estimate of drug-likeness (QED) is 0.608. The lowest BCUT2D eigenvalue weighted by molar-refractivity contribution is -0.118. The van der Waals surface area contributed by atoms with Gasteiger partial charge < -0.3 is 5.32 Å². The van der Waals surface area contributed by atoms with Crippen LogP contribution >= 0.6 is 0 Å². The van der Waals surface area contributed by atoms with E-state index in [1.807, 2.05) is 30.4 Å². The van der Waals surface area contributed by atoms with E-state index >= 15 is 0 Å². The topological polar surface area (TPSA) is 29.1 Å². The van der Waals surface area contributed by atoms with Crippen molar-refractivity contribution in [3.63, 3.8) is 0 Å².